The van der Waals surface area contributed by atoms with Gasteiger partial charge in [-0.1, -0.05) is 30.3 Å². The molecule has 1 aliphatic heterocycles. The monoisotopic (exact) mass is 347 g/mol. The van der Waals surface area contributed by atoms with E-state index in [0.717, 1.165) is 0 Å². The second kappa shape index (κ2) is 7.64. The van der Waals surface area contributed by atoms with Crippen molar-refractivity contribution in [2.24, 2.45) is 11.7 Å². The van der Waals surface area contributed by atoms with Gasteiger partial charge in [0.1, 0.15) is 0 Å². The van der Waals surface area contributed by atoms with E-state index in [1.54, 1.807) is 6.92 Å². The van der Waals surface area contributed by atoms with Crippen molar-refractivity contribution < 1.29 is 4.79 Å². The van der Waals surface area contributed by atoms with Crippen LogP contribution in [0.25, 0.3) is 0 Å². The summed E-state index contributed by atoms with van der Waals surface area (Å²) < 4.78 is 0. The number of likely N-dealkylation sites (tertiary alicyclic amines) is 1. The number of aromatic nitrogens is 1. The topological polar surface area (TPSA) is 79.2 Å². The fourth-order valence-electron chi connectivity index (χ4n) is 3.33. The van der Waals surface area contributed by atoms with Crippen molar-refractivity contribution in [1.82, 2.24) is 9.88 Å². The Morgan fingerprint density at radius 2 is 2.00 bits per heavy atom. The molecule has 0 radical (unpaired) electrons. The maximum absolute atomic E-state index is 12.8. The maximum atomic E-state index is 12.8. The molecule has 1 fully saturated rings. The molecule has 3 rings (SSSR count). The molecule has 1 amide bonds. The molecule has 24 heavy (non-hydrogen) atoms. The van der Waals surface area contributed by atoms with Crippen LogP contribution in [-0.2, 0) is 0 Å². The summed E-state index contributed by atoms with van der Waals surface area (Å²) in [4.78, 5) is 28.5. The van der Waals surface area contributed by atoms with Crippen molar-refractivity contribution in [2.75, 3.05) is 19.6 Å². The summed E-state index contributed by atoms with van der Waals surface area (Å²) in [6.45, 7) is 3.64. The van der Waals surface area contributed by atoms with Gasteiger partial charge in [0, 0.05) is 31.3 Å². The third-order valence-corrected chi connectivity index (χ3v) is 4.62. The molecule has 128 valence electrons. The highest BCUT2D eigenvalue weighted by Crippen LogP contribution is 2.32. The summed E-state index contributed by atoms with van der Waals surface area (Å²) in [5, 5.41) is 0. The molecule has 0 unspecified atom stereocenters. The molecule has 0 bridgehead atoms. The summed E-state index contributed by atoms with van der Waals surface area (Å²) in [6.07, 6.45) is 1.51. The van der Waals surface area contributed by atoms with Gasteiger partial charge < -0.3 is 15.6 Å². The lowest BCUT2D eigenvalue weighted by Gasteiger charge is -2.17. The van der Waals surface area contributed by atoms with Gasteiger partial charge in [-0.3, -0.25) is 9.59 Å². The molecule has 1 saturated heterocycles. The Labute approximate surface area is 147 Å². The van der Waals surface area contributed by atoms with Crippen LogP contribution in [0.1, 0.15) is 27.4 Å². The highest BCUT2D eigenvalue weighted by atomic mass is 35.5. The Morgan fingerprint density at radius 3 is 2.62 bits per heavy atom. The number of rotatable bonds is 3. The average Bonchev–Trinajstić information content (AvgIpc) is 2.99. The predicted octanol–water partition coefficient (Wildman–Crippen LogP) is 1.92. The van der Waals surface area contributed by atoms with Crippen LogP contribution in [0.15, 0.2) is 47.4 Å². The van der Waals surface area contributed by atoms with Crippen LogP contribution in [0, 0.1) is 12.8 Å². The van der Waals surface area contributed by atoms with Crippen molar-refractivity contribution >= 4 is 18.3 Å². The quantitative estimate of drug-likeness (QED) is 0.890. The lowest BCUT2D eigenvalue weighted by Crippen LogP contribution is -2.31. The van der Waals surface area contributed by atoms with Crippen molar-refractivity contribution in [2.45, 2.75) is 12.8 Å². The number of nitrogens with zero attached hydrogens (tertiary/aromatic N) is 1. The Morgan fingerprint density at radius 1 is 1.29 bits per heavy atom. The molecule has 2 aromatic rings. The van der Waals surface area contributed by atoms with Gasteiger partial charge in [-0.15, -0.1) is 12.4 Å². The number of carbonyl (C=O) groups is 1. The summed E-state index contributed by atoms with van der Waals surface area (Å²) >= 11 is 0. The van der Waals surface area contributed by atoms with Crippen LogP contribution in [0.4, 0.5) is 0 Å². The first-order valence-corrected chi connectivity index (χ1v) is 7.83. The average molecular weight is 348 g/mol. The van der Waals surface area contributed by atoms with E-state index in [1.807, 2.05) is 23.1 Å². The van der Waals surface area contributed by atoms with Crippen LogP contribution in [0.2, 0.25) is 0 Å². The molecule has 3 N–H and O–H groups in total. The second-order valence-corrected chi connectivity index (χ2v) is 6.12. The molecule has 0 spiro atoms. The van der Waals surface area contributed by atoms with E-state index in [0.29, 0.717) is 30.8 Å². The zero-order valence-electron chi connectivity index (χ0n) is 13.6. The van der Waals surface area contributed by atoms with E-state index in [9.17, 15) is 9.59 Å². The van der Waals surface area contributed by atoms with Crippen molar-refractivity contribution in [3.8, 4) is 0 Å². The van der Waals surface area contributed by atoms with Gasteiger partial charge in [-0.2, -0.15) is 0 Å². The second-order valence-electron chi connectivity index (χ2n) is 6.12. The van der Waals surface area contributed by atoms with E-state index in [4.69, 9.17) is 5.73 Å². The third-order valence-electron chi connectivity index (χ3n) is 4.62. The lowest BCUT2D eigenvalue weighted by atomic mass is 9.89. The minimum absolute atomic E-state index is 0. The summed E-state index contributed by atoms with van der Waals surface area (Å²) in [5.41, 5.74) is 8.20. The number of nitrogens with two attached hydrogens (primary N) is 1. The van der Waals surface area contributed by atoms with E-state index < -0.39 is 0 Å². The number of benzene rings is 1. The standard InChI is InChI=1S/C18H21N3O2.ClH/c1-12-7-17(22)20-9-15(12)18(23)21-10-14(8-19)16(11-21)13-5-3-2-4-6-13;/h2-7,9,14,16H,8,10-11,19H2,1H3,(H,20,22);1H/t14-,16+;/m1./s1. The van der Waals surface area contributed by atoms with Gasteiger partial charge >= 0.3 is 0 Å². The number of nitrogens with one attached hydrogen (secondary N) is 1. The number of H-pyrrole nitrogens is 1. The minimum Gasteiger partial charge on any atom is -0.338 e. The zero-order valence-corrected chi connectivity index (χ0v) is 14.4. The number of halogens is 1. The first-order chi connectivity index (χ1) is 11.1. The Kier molecular flexibility index (Phi) is 5.80. The van der Waals surface area contributed by atoms with Crippen molar-refractivity contribution in [3.63, 3.8) is 0 Å². The Hall–Kier alpha value is -2.11. The maximum Gasteiger partial charge on any atom is 0.255 e. The normalized spacial score (nSPS) is 19.8. The van der Waals surface area contributed by atoms with Crippen LogP contribution in [0.5, 0.6) is 0 Å². The molecular weight excluding hydrogens is 326 g/mol. The highest BCUT2D eigenvalue weighted by Gasteiger charge is 2.35. The van der Waals surface area contributed by atoms with Crippen LogP contribution >= 0.6 is 12.4 Å². The van der Waals surface area contributed by atoms with Gasteiger partial charge in [-0.05, 0) is 30.5 Å². The number of aryl methyl sites for hydroxylation is 1. The number of aromatic amines is 1. The first-order valence-electron chi connectivity index (χ1n) is 7.83. The smallest absolute Gasteiger partial charge is 0.255 e. The molecule has 1 aliphatic rings. The van der Waals surface area contributed by atoms with Gasteiger partial charge in [0.15, 0.2) is 0 Å². The van der Waals surface area contributed by atoms with Crippen molar-refractivity contribution in [3.05, 3.63) is 69.6 Å². The highest BCUT2D eigenvalue weighted by molar-refractivity contribution is 5.95. The lowest BCUT2D eigenvalue weighted by molar-refractivity contribution is 0.0785. The predicted molar refractivity (Wildman–Crippen MR) is 96.7 cm³/mol. The van der Waals surface area contributed by atoms with Gasteiger partial charge in [0.2, 0.25) is 5.56 Å². The third kappa shape index (κ3) is 3.52. The fraction of sp³-hybridized carbons (Fsp3) is 0.333. The number of hydrogen-bond acceptors (Lipinski definition) is 3. The number of pyridine rings is 1. The molecular formula is C18H22ClN3O2. The molecule has 0 saturated carbocycles. The Bertz CT molecular complexity index is 760. The Balaban J connectivity index is 0.00000208. The molecule has 0 aliphatic carbocycles. The van der Waals surface area contributed by atoms with E-state index in [1.165, 1.54) is 17.8 Å². The van der Waals surface area contributed by atoms with Crippen molar-refractivity contribution in [1.29, 1.82) is 0 Å². The molecule has 5 nitrogen and oxygen atoms in total. The van der Waals surface area contributed by atoms with Gasteiger partial charge in [0.05, 0.1) is 5.56 Å². The summed E-state index contributed by atoms with van der Waals surface area (Å²) in [6, 6.07) is 11.7. The fourth-order valence-corrected chi connectivity index (χ4v) is 3.33. The minimum atomic E-state index is -0.192. The molecule has 6 heteroatoms. The number of amides is 1. The molecule has 1 aromatic carbocycles. The van der Waals surface area contributed by atoms with E-state index in [2.05, 4.69) is 17.1 Å². The number of hydrogen-bond donors (Lipinski definition) is 2. The van der Waals surface area contributed by atoms with Gasteiger partial charge in [0.25, 0.3) is 5.91 Å². The van der Waals surface area contributed by atoms with Crippen LogP contribution in [0.3, 0.4) is 0 Å². The largest absolute Gasteiger partial charge is 0.338 e. The number of carbonyl (C=O) groups excluding carboxylic acids is 1. The summed E-state index contributed by atoms with van der Waals surface area (Å²) in [5.74, 6) is 0.466. The first kappa shape index (κ1) is 18.2. The molecule has 2 heterocycles. The van der Waals surface area contributed by atoms with Crippen LogP contribution in [-0.4, -0.2) is 35.4 Å². The SMILES string of the molecule is Cc1cc(=O)[nH]cc1C(=O)N1C[C@@H](CN)[C@H](c2ccccc2)C1.Cl. The summed E-state index contributed by atoms with van der Waals surface area (Å²) in [7, 11) is 0. The zero-order chi connectivity index (χ0) is 16.4. The van der Waals surface area contributed by atoms with Crippen LogP contribution < -0.4 is 11.3 Å². The van der Waals surface area contributed by atoms with Gasteiger partial charge in [-0.25, -0.2) is 0 Å². The van der Waals surface area contributed by atoms with E-state index in [-0.39, 0.29) is 35.7 Å². The molecule has 2 atom stereocenters. The van der Waals surface area contributed by atoms with E-state index >= 15 is 0 Å². The molecule has 1 aromatic heterocycles.